The van der Waals surface area contributed by atoms with E-state index in [0.717, 1.165) is 22.1 Å². The van der Waals surface area contributed by atoms with Gasteiger partial charge in [-0.25, -0.2) is 0 Å². The van der Waals surface area contributed by atoms with Gasteiger partial charge in [-0.1, -0.05) is 66.2 Å². The van der Waals surface area contributed by atoms with Gasteiger partial charge in [0.2, 0.25) is 0 Å². The molecule has 0 aliphatic heterocycles. The summed E-state index contributed by atoms with van der Waals surface area (Å²) in [6, 6.07) is 34.6. The Morgan fingerprint density at radius 1 is 0.694 bits per heavy atom. The molecule has 0 atom stereocenters. The monoisotopic (exact) mass is 493 g/mol. The van der Waals surface area contributed by atoms with E-state index < -0.39 is 10.1 Å². The molecular formula is C30H23NO4S. The highest BCUT2D eigenvalue weighted by atomic mass is 32.2. The van der Waals surface area contributed by atoms with Gasteiger partial charge in [0.05, 0.1) is 5.69 Å². The fourth-order valence-corrected chi connectivity index (χ4v) is 4.66. The molecule has 5 aromatic rings. The minimum atomic E-state index is -4.02. The van der Waals surface area contributed by atoms with E-state index in [-0.39, 0.29) is 10.6 Å². The third-order valence-electron chi connectivity index (χ3n) is 5.60. The standard InChI is InChI=1S/C30H23NO4S/c1-22-11-18-27(19-12-22)36(32,33)35-30-20-13-23-7-5-6-10-28(23)29(30)21-31-24-14-16-26(17-15-24)34-25-8-3-2-4-9-25/h2-21H,1H3. The zero-order valence-electron chi connectivity index (χ0n) is 19.5. The molecule has 0 aliphatic carbocycles. The van der Waals surface area contributed by atoms with Crippen molar-refractivity contribution in [3.05, 3.63) is 126 Å². The number of nitrogens with zero attached hydrogens (tertiary/aromatic N) is 1. The van der Waals surface area contributed by atoms with Gasteiger partial charge < -0.3 is 8.92 Å². The largest absolute Gasteiger partial charge is 0.457 e. The molecule has 0 aromatic heterocycles. The van der Waals surface area contributed by atoms with E-state index >= 15 is 0 Å². The maximum absolute atomic E-state index is 13.0. The van der Waals surface area contributed by atoms with E-state index in [1.165, 1.54) is 0 Å². The van der Waals surface area contributed by atoms with Crippen LogP contribution in [0.15, 0.2) is 125 Å². The van der Waals surface area contributed by atoms with Crippen LogP contribution in [0.3, 0.4) is 0 Å². The molecule has 178 valence electrons. The summed E-state index contributed by atoms with van der Waals surface area (Å²) in [5.74, 6) is 1.65. The van der Waals surface area contributed by atoms with Crippen LogP contribution in [0.4, 0.5) is 5.69 Å². The van der Waals surface area contributed by atoms with E-state index in [4.69, 9.17) is 8.92 Å². The fourth-order valence-electron chi connectivity index (χ4n) is 3.72. The molecule has 36 heavy (non-hydrogen) atoms. The predicted octanol–water partition coefficient (Wildman–Crippen LogP) is 7.46. The topological polar surface area (TPSA) is 65.0 Å². The molecule has 0 N–H and O–H groups in total. The lowest BCUT2D eigenvalue weighted by Crippen LogP contribution is -2.11. The SMILES string of the molecule is Cc1ccc(S(=O)(=O)Oc2ccc3ccccc3c2C=Nc2ccc(Oc3ccccc3)cc2)cc1. The third-order valence-corrected chi connectivity index (χ3v) is 6.85. The Hall–Kier alpha value is -4.42. The number of rotatable bonds is 7. The van der Waals surface area contributed by atoms with E-state index in [1.807, 2.05) is 91.9 Å². The van der Waals surface area contributed by atoms with E-state index in [2.05, 4.69) is 4.99 Å². The van der Waals surface area contributed by atoms with Crippen molar-refractivity contribution in [1.29, 1.82) is 0 Å². The number of ether oxygens (including phenoxy) is 1. The molecule has 0 amide bonds. The number of para-hydroxylation sites is 1. The second-order valence-electron chi connectivity index (χ2n) is 8.22. The van der Waals surface area contributed by atoms with Crippen molar-refractivity contribution in [2.45, 2.75) is 11.8 Å². The van der Waals surface area contributed by atoms with Crippen molar-refractivity contribution in [1.82, 2.24) is 0 Å². The molecule has 0 spiro atoms. The van der Waals surface area contributed by atoms with Gasteiger partial charge in [-0.2, -0.15) is 8.42 Å². The molecule has 6 heteroatoms. The van der Waals surface area contributed by atoms with Crippen molar-refractivity contribution in [3.63, 3.8) is 0 Å². The molecule has 0 unspecified atom stereocenters. The Labute approximate surface area is 210 Å². The van der Waals surface area contributed by atoms with Gasteiger partial charge in [0.25, 0.3) is 0 Å². The molecule has 0 saturated heterocycles. The highest BCUT2D eigenvalue weighted by molar-refractivity contribution is 7.87. The first kappa shape index (κ1) is 23.3. The summed E-state index contributed by atoms with van der Waals surface area (Å²) in [4.78, 5) is 4.69. The molecule has 0 aliphatic rings. The maximum Gasteiger partial charge on any atom is 0.339 e. The summed E-state index contributed by atoms with van der Waals surface area (Å²) in [7, 11) is -4.02. The summed E-state index contributed by atoms with van der Waals surface area (Å²) in [6.07, 6.45) is 1.63. The summed E-state index contributed by atoms with van der Waals surface area (Å²) in [5, 5.41) is 1.78. The van der Waals surface area contributed by atoms with Crippen LogP contribution in [0, 0.1) is 6.92 Å². The van der Waals surface area contributed by atoms with Crippen molar-refractivity contribution in [2.75, 3.05) is 0 Å². The minimum absolute atomic E-state index is 0.0955. The van der Waals surface area contributed by atoms with Crippen LogP contribution in [0.2, 0.25) is 0 Å². The number of aryl methyl sites for hydroxylation is 1. The van der Waals surface area contributed by atoms with Gasteiger partial charge in [0.15, 0.2) is 5.75 Å². The first-order chi connectivity index (χ1) is 17.5. The minimum Gasteiger partial charge on any atom is -0.457 e. The van der Waals surface area contributed by atoms with Crippen molar-refractivity contribution in [3.8, 4) is 17.2 Å². The summed E-state index contributed by atoms with van der Waals surface area (Å²) >= 11 is 0. The second kappa shape index (κ2) is 10.1. The lowest BCUT2D eigenvalue weighted by Gasteiger charge is -2.12. The number of fused-ring (bicyclic) bond motifs is 1. The van der Waals surface area contributed by atoms with E-state index in [1.54, 1.807) is 36.5 Å². The van der Waals surface area contributed by atoms with Crippen LogP contribution >= 0.6 is 0 Å². The van der Waals surface area contributed by atoms with Crippen LogP contribution in [-0.2, 0) is 10.1 Å². The van der Waals surface area contributed by atoms with Crippen LogP contribution in [0.25, 0.3) is 10.8 Å². The molecule has 0 bridgehead atoms. The number of benzene rings is 5. The quantitative estimate of drug-likeness (QED) is 0.174. The molecule has 0 saturated carbocycles. The number of hydrogen-bond acceptors (Lipinski definition) is 5. The fraction of sp³-hybridized carbons (Fsp3) is 0.0333. The highest BCUT2D eigenvalue weighted by Crippen LogP contribution is 2.30. The zero-order valence-corrected chi connectivity index (χ0v) is 20.4. The Morgan fingerprint density at radius 3 is 2.11 bits per heavy atom. The van der Waals surface area contributed by atoms with Gasteiger partial charge in [-0.15, -0.1) is 0 Å². The van der Waals surface area contributed by atoms with E-state index in [9.17, 15) is 8.42 Å². The highest BCUT2D eigenvalue weighted by Gasteiger charge is 2.19. The van der Waals surface area contributed by atoms with Gasteiger partial charge >= 0.3 is 10.1 Å². The van der Waals surface area contributed by atoms with Gasteiger partial charge in [-0.05, 0) is 72.3 Å². The first-order valence-electron chi connectivity index (χ1n) is 11.4. The average molecular weight is 494 g/mol. The van der Waals surface area contributed by atoms with Crippen molar-refractivity contribution < 1.29 is 17.3 Å². The Bertz CT molecular complexity index is 1630. The first-order valence-corrected chi connectivity index (χ1v) is 12.8. The number of aliphatic imine (C=N–C) groups is 1. The van der Waals surface area contributed by atoms with Crippen LogP contribution in [-0.4, -0.2) is 14.6 Å². The Kier molecular flexibility index (Phi) is 6.52. The average Bonchev–Trinajstić information content (AvgIpc) is 2.89. The smallest absolute Gasteiger partial charge is 0.339 e. The Morgan fingerprint density at radius 2 is 1.36 bits per heavy atom. The molecule has 0 heterocycles. The summed E-state index contributed by atoms with van der Waals surface area (Å²) in [6.45, 7) is 1.90. The Balaban J connectivity index is 1.46. The molecule has 5 aromatic carbocycles. The molecule has 0 fully saturated rings. The van der Waals surface area contributed by atoms with E-state index in [0.29, 0.717) is 17.0 Å². The maximum atomic E-state index is 13.0. The van der Waals surface area contributed by atoms with Crippen molar-refractivity contribution in [2.24, 2.45) is 4.99 Å². The van der Waals surface area contributed by atoms with Gasteiger partial charge in [0, 0.05) is 11.8 Å². The van der Waals surface area contributed by atoms with Gasteiger partial charge in [0.1, 0.15) is 16.4 Å². The molecule has 0 radical (unpaired) electrons. The third kappa shape index (κ3) is 5.29. The molecule has 5 rings (SSSR count). The van der Waals surface area contributed by atoms with Crippen molar-refractivity contribution >= 4 is 32.8 Å². The lowest BCUT2D eigenvalue weighted by molar-refractivity contribution is 0.482. The van der Waals surface area contributed by atoms with Gasteiger partial charge in [-0.3, -0.25) is 4.99 Å². The predicted molar refractivity (Wildman–Crippen MR) is 143 cm³/mol. The number of hydrogen-bond donors (Lipinski definition) is 0. The van der Waals surface area contributed by atoms with Crippen LogP contribution in [0.5, 0.6) is 17.2 Å². The molecule has 5 nitrogen and oxygen atoms in total. The van der Waals surface area contributed by atoms with Crippen LogP contribution < -0.4 is 8.92 Å². The second-order valence-corrected chi connectivity index (χ2v) is 9.76. The molecular weight excluding hydrogens is 470 g/mol. The zero-order chi connectivity index (χ0) is 25.0. The normalized spacial score (nSPS) is 11.6. The lowest BCUT2D eigenvalue weighted by atomic mass is 10.0. The van der Waals surface area contributed by atoms with Crippen LogP contribution in [0.1, 0.15) is 11.1 Å². The summed E-state index contributed by atoms with van der Waals surface area (Å²) < 4.78 is 37.4. The summed E-state index contributed by atoms with van der Waals surface area (Å²) in [5.41, 5.74) is 2.23.